The normalized spacial score (nSPS) is 11.1. The molecule has 0 amide bonds. The molecule has 2 N–H and O–H groups in total. The number of phenolic OH excluding ortho intramolecular Hbond substituents is 1. The molecule has 0 spiro atoms. The molecular weight excluding hydrogens is 346 g/mol. The maximum Gasteiger partial charge on any atom is 0.265 e. The minimum Gasteiger partial charge on any atom is -0.508 e. The number of anilines is 1. The third-order valence-electron chi connectivity index (χ3n) is 2.51. The number of methoxy groups -OCH3 is 1. The number of aromatic hydroxyl groups is 1. The van der Waals surface area contributed by atoms with Crippen LogP contribution in [0, 0.1) is 0 Å². The molecule has 2 aromatic carbocycles. The van der Waals surface area contributed by atoms with Crippen LogP contribution in [0.1, 0.15) is 0 Å². The molecule has 106 valence electrons. The molecule has 0 saturated heterocycles. The lowest BCUT2D eigenvalue weighted by Gasteiger charge is -2.12. The van der Waals surface area contributed by atoms with Crippen LogP contribution in [-0.4, -0.2) is 20.6 Å². The van der Waals surface area contributed by atoms with Gasteiger partial charge in [0.1, 0.15) is 16.4 Å². The lowest BCUT2D eigenvalue weighted by molar-refractivity contribution is 0.402. The van der Waals surface area contributed by atoms with E-state index < -0.39 is 10.0 Å². The van der Waals surface area contributed by atoms with Crippen molar-refractivity contribution in [2.45, 2.75) is 4.90 Å². The third-order valence-corrected chi connectivity index (χ3v) is 4.43. The first-order valence-corrected chi connectivity index (χ1v) is 7.85. The summed E-state index contributed by atoms with van der Waals surface area (Å²) >= 11 is 3.25. The summed E-state index contributed by atoms with van der Waals surface area (Å²) < 4.78 is 32.8. The molecule has 20 heavy (non-hydrogen) atoms. The number of phenols is 1. The smallest absolute Gasteiger partial charge is 0.265 e. The Kier molecular flexibility index (Phi) is 4.20. The van der Waals surface area contributed by atoms with Crippen LogP contribution in [0.5, 0.6) is 11.5 Å². The molecule has 0 aromatic heterocycles. The molecular formula is C13H12BrNO4S. The highest BCUT2D eigenvalue weighted by molar-refractivity contribution is 9.10. The van der Waals surface area contributed by atoms with Crippen LogP contribution in [0.15, 0.2) is 51.8 Å². The summed E-state index contributed by atoms with van der Waals surface area (Å²) in [5.41, 5.74) is 0.273. The van der Waals surface area contributed by atoms with Gasteiger partial charge in [0.05, 0.1) is 12.8 Å². The van der Waals surface area contributed by atoms with E-state index in [0.29, 0.717) is 4.47 Å². The Balaban J connectivity index is 2.40. The van der Waals surface area contributed by atoms with Crippen LogP contribution in [0.3, 0.4) is 0 Å². The van der Waals surface area contributed by atoms with Crippen molar-refractivity contribution in [3.63, 3.8) is 0 Å². The molecule has 0 aliphatic heterocycles. The summed E-state index contributed by atoms with van der Waals surface area (Å²) in [6.45, 7) is 0. The molecule has 5 nitrogen and oxygen atoms in total. The van der Waals surface area contributed by atoms with Crippen molar-refractivity contribution < 1.29 is 18.3 Å². The van der Waals surface area contributed by atoms with Crippen LogP contribution < -0.4 is 9.46 Å². The van der Waals surface area contributed by atoms with Gasteiger partial charge < -0.3 is 9.84 Å². The van der Waals surface area contributed by atoms with Gasteiger partial charge in [0.2, 0.25) is 0 Å². The highest BCUT2D eigenvalue weighted by Crippen LogP contribution is 2.29. The molecule has 0 fully saturated rings. The van der Waals surface area contributed by atoms with Crippen molar-refractivity contribution in [1.82, 2.24) is 0 Å². The van der Waals surface area contributed by atoms with Crippen molar-refractivity contribution in [2.75, 3.05) is 11.8 Å². The molecule has 0 aliphatic carbocycles. The van der Waals surface area contributed by atoms with Crippen molar-refractivity contribution in [2.24, 2.45) is 0 Å². The summed E-state index contributed by atoms with van der Waals surface area (Å²) in [5.74, 6) is 0.208. The molecule has 2 aromatic rings. The average molecular weight is 358 g/mol. The van der Waals surface area contributed by atoms with Gasteiger partial charge >= 0.3 is 0 Å². The lowest BCUT2D eigenvalue weighted by atomic mass is 10.3. The minimum absolute atomic E-state index is 0.0199. The van der Waals surface area contributed by atoms with Gasteiger partial charge in [-0.1, -0.05) is 22.0 Å². The Bertz CT molecular complexity index is 731. The molecule has 0 atom stereocenters. The third kappa shape index (κ3) is 3.23. The number of benzene rings is 2. The molecule has 0 bridgehead atoms. The standard InChI is InChI=1S/C13H12BrNO4S/c1-19-12-7-9(14)5-6-13(12)20(17,18)15-10-3-2-4-11(16)8-10/h2-8,15-16H,1H3. The van der Waals surface area contributed by atoms with E-state index in [-0.39, 0.29) is 22.1 Å². The lowest BCUT2D eigenvalue weighted by Crippen LogP contribution is -2.14. The van der Waals surface area contributed by atoms with Crippen LogP contribution in [-0.2, 0) is 10.0 Å². The SMILES string of the molecule is COc1cc(Br)ccc1S(=O)(=O)Nc1cccc(O)c1. The summed E-state index contributed by atoms with van der Waals surface area (Å²) in [6.07, 6.45) is 0. The summed E-state index contributed by atoms with van der Waals surface area (Å²) in [4.78, 5) is 0.0199. The molecule has 0 unspecified atom stereocenters. The zero-order chi connectivity index (χ0) is 14.8. The van der Waals surface area contributed by atoms with E-state index in [1.54, 1.807) is 24.3 Å². The van der Waals surface area contributed by atoms with Crippen molar-refractivity contribution >= 4 is 31.6 Å². The first kappa shape index (κ1) is 14.7. The second-order valence-electron chi connectivity index (χ2n) is 3.95. The molecule has 0 saturated carbocycles. The summed E-state index contributed by atoms with van der Waals surface area (Å²) in [6, 6.07) is 10.5. The van der Waals surface area contributed by atoms with Gasteiger partial charge in [-0.15, -0.1) is 0 Å². The van der Waals surface area contributed by atoms with E-state index in [4.69, 9.17) is 4.74 Å². The second-order valence-corrected chi connectivity index (χ2v) is 6.52. The maximum absolute atomic E-state index is 12.3. The number of nitrogens with one attached hydrogen (secondary N) is 1. The Morgan fingerprint density at radius 3 is 2.60 bits per heavy atom. The number of ether oxygens (including phenoxy) is 1. The maximum atomic E-state index is 12.3. The van der Waals surface area contributed by atoms with E-state index in [0.717, 1.165) is 0 Å². The molecule has 0 aliphatic rings. The van der Waals surface area contributed by atoms with Gasteiger partial charge in [-0.2, -0.15) is 0 Å². The van der Waals surface area contributed by atoms with Crippen LogP contribution >= 0.6 is 15.9 Å². The van der Waals surface area contributed by atoms with Crippen molar-refractivity contribution in [3.05, 3.63) is 46.9 Å². The number of hydrogen-bond acceptors (Lipinski definition) is 4. The van der Waals surface area contributed by atoms with E-state index in [9.17, 15) is 13.5 Å². The van der Waals surface area contributed by atoms with E-state index >= 15 is 0 Å². The van der Waals surface area contributed by atoms with Gasteiger partial charge in [-0.3, -0.25) is 4.72 Å². The number of hydrogen-bond donors (Lipinski definition) is 2. The highest BCUT2D eigenvalue weighted by Gasteiger charge is 2.19. The van der Waals surface area contributed by atoms with E-state index in [1.165, 1.54) is 25.3 Å². The fraction of sp³-hybridized carbons (Fsp3) is 0.0769. The predicted molar refractivity (Wildman–Crippen MR) is 79.6 cm³/mol. The average Bonchev–Trinajstić information content (AvgIpc) is 2.37. The first-order chi connectivity index (χ1) is 9.42. The number of rotatable bonds is 4. The summed E-state index contributed by atoms with van der Waals surface area (Å²) in [7, 11) is -2.40. The van der Waals surface area contributed by atoms with Gasteiger partial charge in [0, 0.05) is 10.5 Å². The highest BCUT2D eigenvalue weighted by atomic mass is 79.9. The van der Waals surface area contributed by atoms with Crippen LogP contribution in [0.2, 0.25) is 0 Å². The monoisotopic (exact) mass is 357 g/mol. The number of halogens is 1. The largest absolute Gasteiger partial charge is 0.508 e. The Hall–Kier alpha value is -1.73. The quantitative estimate of drug-likeness (QED) is 0.881. The molecule has 2 rings (SSSR count). The zero-order valence-corrected chi connectivity index (χ0v) is 12.9. The topological polar surface area (TPSA) is 75.6 Å². The van der Waals surface area contributed by atoms with Gasteiger partial charge in [-0.05, 0) is 30.3 Å². The van der Waals surface area contributed by atoms with Gasteiger partial charge in [0.15, 0.2) is 0 Å². The number of sulfonamides is 1. The van der Waals surface area contributed by atoms with Gasteiger partial charge in [0.25, 0.3) is 10.0 Å². The Labute approximate surface area is 125 Å². The minimum atomic E-state index is -3.80. The molecule has 0 radical (unpaired) electrons. The Morgan fingerprint density at radius 2 is 1.95 bits per heavy atom. The Morgan fingerprint density at radius 1 is 1.20 bits per heavy atom. The second kappa shape index (κ2) is 5.72. The van der Waals surface area contributed by atoms with Crippen LogP contribution in [0.4, 0.5) is 5.69 Å². The van der Waals surface area contributed by atoms with Crippen LogP contribution in [0.25, 0.3) is 0 Å². The van der Waals surface area contributed by atoms with Gasteiger partial charge in [-0.25, -0.2) is 8.42 Å². The molecule has 7 heteroatoms. The van der Waals surface area contributed by atoms with E-state index in [1.807, 2.05) is 0 Å². The summed E-state index contributed by atoms with van der Waals surface area (Å²) in [5, 5.41) is 9.35. The van der Waals surface area contributed by atoms with E-state index in [2.05, 4.69) is 20.7 Å². The first-order valence-electron chi connectivity index (χ1n) is 5.58. The predicted octanol–water partition coefficient (Wildman–Crippen LogP) is 2.96. The molecule has 0 heterocycles. The van der Waals surface area contributed by atoms with Crippen molar-refractivity contribution in [3.8, 4) is 11.5 Å². The fourth-order valence-corrected chi connectivity index (χ4v) is 3.18. The van der Waals surface area contributed by atoms with Crippen molar-refractivity contribution in [1.29, 1.82) is 0 Å². The zero-order valence-electron chi connectivity index (χ0n) is 10.5. The fourth-order valence-electron chi connectivity index (χ4n) is 1.64.